The van der Waals surface area contributed by atoms with Crippen molar-refractivity contribution in [3.63, 3.8) is 0 Å². The summed E-state index contributed by atoms with van der Waals surface area (Å²) in [7, 11) is -0.479. The van der Waals surface area contributed by atoms with Gasteiger partial charge in [0.05, 0.1) is 46.1 Å². The molecule has 1 amide bonds. The van der Waals surface area contributed by atoms with Crippen molar-refractivity contribution in [3.05, 3.63) is 101 Å². The summed E-state index contributed by atoms with van der Waals surface area (Å²) in [5.41, 5.74) is 2.05. The van der Waals surface area contributed by atoms with Crippen LogP contribution in [0.3, 0.4) is 0 Å². The number of nitrogens with zero attached hydrogens (tertiary/aromatic N) is 2. The molecule has 0 radical (unpaired) electrons. The number of carboxylic acid groups (broad SMARTS) is 1. The number of carbonyl (C=O) groups is 3. The number of amides is 1. The molecule has 0 aliphatic carbocycles. The molecule has 1 heterocycles. The Labute approximate surface area is 370 Å². The number of hydrogen-bond donors (Lipinski definition) is 2. The number of anilines is 1. The predicted molar refractivity (Wildman–Crippen MR) is 245 cm³/mol. The highest BCUT2D eigenvalue weighted by atomic mass is 35.5. The van der Waals surface area contributed by atoms with E-state index in [2.05, 4.69) is 12.2 Å². The largest absolute Gasteiger partial charge is 0.493 e. The smallest absolute Gasteiger partial charge is 0.335 e. The third kappa shape index (κ3) is 11.6. The Morgan fingerprint density at radius 1 is 0.806 bits per heavy atom. The van der Waals surface area contributed by atoms with Gasteiger partial charge in [-0.15, -0.1) is 0 Å². The number of Topliss-reactive ketones (excluding diaryl/α,β-unsaturated/α-hetero) is 1. The number of methoxy groups -OCH3 is 1. The fourth-order valence-corrected chi connectivity index (χ4v) is 9.30. The van der Waals surface area contributed by atoms with Crippen LogP contribution in [0.15, 0.2) is 89.8 Å². The number of carbonyl (C=O) groups excluding carboxylic acids is 2. The number of fused-ring (bicyclic) bond motifs is 1. The molecule has 0 bridgehead atoms. The Morgan fingerprint density at radius 3 is 2.06 bits per heavy atom. The molecule has 5 rings (SSSR count). The highest BCUT2D eigenvalue weighted by molar-refractivity contribution is 7.89. The van der Waals surface area contributed by atoms with Crippen molar-refractivity contribution < 1.29 is 42.1 Å². The number of aryl methyl sites for hydroxylation is 1. The van der Waals surface area contributed by atoms with E-state index < -0.39 is 33.8 Å². The molecule has 4 aromatic carbocycles. The third-order valence-corrected chi connectivity index (χ3v) is 13.3. The average molecular weight is 889 g/mol. The SMILES string of the molecule is CCCCCCCCCCCCOc1ccc(-c2c(C(=O)C(Oc3ccc(C(=O)O)cc3)C(=O)Nc3ccc(S(=O)(=O)N(CC)CC)cc3Cl)c3ccccc3n2C)cc1OC. The number of sulfonamides is 1. The number of ether oxygens (including phenoxy) is 3. The Kier molecular flexibility index (Phi) is 17.4. The minimum absolute atomic E-state index is 0.0163. The molecule has 332 valence electrons. The quantitative estimate of drug-likeness (QED) is 0.0331. The average Bonchev–Trinajstić information content (AvgIpc) is 3.57. The van der Waals surface area contributed by atoms with Crippen molar-refractivity contribution >= 4 is 55.9 Å². The van der Waals surface area contributed by atoms with Gasteiger partial charge >= 0.3 is 5.97 Å². The van der Waals surface area contributed by atoms with Gasteiger partial charge in [0.2, 0.25) is 21.9 Å². The standard InChI is InChI=1S/C48H58ClN3O9S/c1-6-9-10-11-12-13-14-15-16-19-30-60-41-29-24-34(31-42(41)59-5)44-43(37-20-17-18-21-40(37)51(44)4)45(53)46(61-35-25-22-33(23-26-35)48(55)56)47(54)50-39-28-27-36(32-38(39)49)62(57,58)52(7-2)8-3/h17-18,20-29,31-32,46H,6-16,19,30H2,1-5H3,(H,50,54)(H,55,56). The van der Waals surface area contributed by atoms with E-state index in [1.807, 2.05) is 35.9 Å². The summed E-state index contributed by atoms with van der Waals surface area (Å²) in [5, 5.41) is 12.6. The van der Waals surface area contributed by atoms with Gasteiger partial charge in [0.15, 0.2) is 11.5 Å². The van der Waals surface area contributed by atoms with Gasteiger partial charge in [0, 0.05) is 36.6 Å². The van der Waals surface area contributed by atoms with Crippen LogP contribution in [0.5, 0.6) is 17.2 Å². The molecule has 1 atom stereocenters. The second-order valence-electron chi connectivity index (χ2n) is 15.1. The number of nitrogens with one attached hydrogen (secondary N) is 1. The van der Waals surface area contributed by atoms with Gasteiger partial charge in [-0.25, -0.2) is 13.2 Å². The summed E-state index contributed by atoms with van der Waals surface area (Å²) < 4.78 is 47.7. The fourth-order valence-electron chi connectivity index (χ4n) is 7.52. The Balaban J connectivity index is 1.45. The van der Waals surface area contributed by atoms with Gasteiger partial charge in [0.1, 0.15) is 5.75 Å². The molecule has 0 fully saturated rings. The number of ketones is 1. The molecule has 5 aromatic rings. The molecular weight excluding hydrogens is 830 g/mol. The Bertz CT molecular complexity index is 2430. The normalized spacial score (nSPS) is 12.0. The van der Waals surface area contributed by atoms with Crippen LogP contribution < -0.4 is 19.5 Å². The van der Waals surface area contributed by atoms with Crippen LogP contribution in [0.4, 0.5) is 5.69 Å². The van der Waals surface area contributed by atoms with Crippen molar-refractivity contribution in [2.75, 3.05) is 32.1 Å². The van der Waals surface area contributed by atoms with Crippen LogP contribution in [0, 0.1) is 0 Å². The minimum Gasteiger partial charge on any atom is -0.493 e. The minimum atomic E-state index is -3.86. The van der Waals surface area contributed by atoms with E-state index in [0.717, 1.165) is 12.8 Å². The lowest BCUT2D eigenvalue weighted by Gasteiger charge is -2.21. The first-order valence-electron chi connectivity index (χ1n) is 21.4. The summed E-state index contributed by atoms with van der Waals surface area (Å²) >= 11 is 6.59. The summed E-state index contributed by atoms with van der Waals surface area (Å²) in [4.78, 5) is 41.0. The molecule has 14 heteroatoms. The monoisotopic (exact) mass is 887 g/mol. The molecule has 1 aromatic heterocycles. The molecular formula is C48H58ClN3O9S. The summed E-state index contributed by atoms with van der Waals surface area (Å²) in [6.45, 7) is 6.73. The molecule has 2 N–H and O–H groups in total. The third-order valence-electron chi connectivity index (χ3n) is 10.9. The number of unbranched alkanes of at least 4 members (excludes halogenated alkanes) is 9. The van der Waals surface area contributed by atoms with E-state index in [-0.39, 0.29) is 45.6 Å². The lowest BCUT2D eigenvalue weighted by atomic mass is 9.97. The van der Waals surface area contributed by atoms with Crippen molar-refractivity contribution in [1.82, 2.24) is 8.87 Å². The van der Waals surface area contributed by atoms with Crippen LogP contribution in [-0.4, -0.2) is 73.0 Å². The Hall–Kier alpha value is -5.37. The lowest BCUT2D eigenvalue weighted by Crippen LogP contribution is -2.40. The molecule has 0 saturated carbocycles. The van der Waals surface area contributed by atoms with E-state index >= 15 is 4.79 Å². The van der Waals surface area contributed by atoms with Crippen LogP contribution in [0.2, 0.25) is 5.02 Å². The van der Waals surface area contributed by atoms with Gasteiger partial charge in [-0.3, -0.25) is 9.59 Å². The zero-order valence-electron chi connectivity index (χ0n) is 36.2. The fraction of sp³-hybridized carbons (Fsp3) is 0.396. The molecule has 12 nitrogen and oxygen atoms in total. The van der Waals surface area contributed by atoms with Gasteiger partial charge in [-0.1, -0.05) is 108 Å². The van der Waals surface area contributed by atoms with Gasteiger partial charge in [-0.05, 0) is 73.2 Å². The van der Waals surface area contributed by atoms with E-state index in [1.165, 1.54) is 98.1 Å². The number of benzene rings is 4. The maximum absolute atomic E-state index is 15.1. The first-order valence-corrected chi connectivity index (χ1v) is 23.2. The molecule has 0 aliphatic rings. The number of aromatic nitrogens is 1. The highest BCUT2D eigenvalue weighted by Crippen LogP contribution is 2.39. The van der Waals surface area contributed by atoms with E-state index in [0.29, 0.717) is 40.3 Å². The molecule has 62 heavy (non-hydrogen) atoms. The van der Waals surface area contributed by atoms with Gasteiger partial charge in [0.25, 0.3) is 5.91 Å². The zero-order chi connectivity index (χ0) is 44.8. The van der Waals surface area contributed by atoms with Crippen LogP contribution in [0.1, 0.15) is 106 Å². The molecule has 1 unspecified atom stereocenters. The van der Waals surface area contributed by atoms with Gasteiger partial charge < -0.3 is 29.2 Å². The lowest BCUT2D eigenvalue weighted by molar-refractivity contribution is -0.120. The van der Waals surface area contributed by atoms with E-state index in [4.69, 9.17) is 25.8 Å². The number of para-hydroxylation sites is 1. The van der Waals surface area contributed by atoms with Gasteiger partial charge in [-0.2, -0.15) is 4.31 Å². The van der Waals surface area contributed by atoms with E-state index in [9.17, 15) is 23.1 Å². The first kappa shape index (κ1) is 47.7. The highest BCUT2D eigenvalue weighted by Gasteiger charge is 2.36. The topological polar surface area (TPSA) is 153 Å². The predicted octanol–water partition coefficient (Wildman–Crippen LogP) is 10.8. The summed E-state index contributed by atoms with van der Waals surface area (Å²) in [6.07, 6.45) is 10.3. The first-order chi connectivity index (χ1) is 29.9. The number of hydrogen-bond acceptors (Lipinski definition) is 8. The molecule has 0 saturated heterocycles. The van der Waals surface area contributed by atoms with Crippen molar-refractivity contribution in [2.45, 2.75) is 96.0 Å². The zero-order valence-corrected chi connectivity index (χ0v) is 37.8. The van der Waals surface area contributed by atoms with Crippen LogP contribution in [0.25, 0.3) is 22.2 Å². The van der Waals surface area contributed by atoms with Crippen molar-refractivity contribution in [3.8, 4) is 28.5 Å². The second-order valence-corrected chi connectivity index (χ2v) is 17.5. The summed E-state index contributed by atoms with van der Waals surface area (Å²) in [6, 6.07) is 22.0. The number of halogens is 1. The Morgan fingerprint density at radius 2 is 1.45 bits per heavy atom. The van der Waals surface area contributed by atoms with E-state index in [1.54, 1.807) is 39.2 Å². The van der Waals surface area contributed by atoms with Crippen LogP contribution in [-0.2, 0) is 21.9 Å². The number of aromatic carboxylic acids is 1. The van der Waals surface area contributed by atoms with Crippen molar-refractivity contribution in [2.24, 2.45) is 7.05 Å². The maximum Gasteiger partial charge on any atom is 0.335 e. The second kappa shape index (κ2) is 22.6. The molecule has 0 aliphatic heterocycles. The van der Waals surface area contributed by atoms with Crippen molar-refractivity contribution in [1.29, 1.82) is 0 Å². The number of carboxylic acids is 1. The number of rotatable bonds is 25. The molecule has 0 spiro atoms. The van der Waals surface area contributed by atoms with Crippen LogP contribution >= 0.6 is 11.6 Å². The summed E-state index contributed by atoms with van der Waals surface area (Å²) in [5.74, 6) is -1.66. The maximum atomic E-state index is 15.1.